The molecule has 0 bridgehead atoms. The van der Waals surface area contributed by atoms with Crippen molar-refractivity contribution in [2.45, 2.75) is 58.5 Å². The first kappa shape index (κ1) is 22.1. The molecule has 3 amide bonds. The third-order valence-electron chi connectivity index (χ3n) is 3.79. The number of nitrogens with one attached hydrogen (secondary N) is 1. The SMILES string of the molecule is CC(C)(C)OC(=O)c1ccc(NC(=O)CCCC(=O)ON2C(=O)CCC2=O)cc1. The van der Waals surface area contributed by atoms with Crippen LogP contribution in [-0.4, -0.2) is 40.3 Å². The van der Waals surface area contributed by atoms with E-state index < -0.39 is 29.4 Å². The fraction of sp³-hybridized carbons (Fsp3) is 0.450. The van der Waals surface area contributed by atoms with E-state index in [0.717, 1.165) is 0 Å². The summed E-state index contributed by atoms with van der Waals surface area (Å²) in [6.07, 6.45) is 0.187. The Morgan fingerprint density at radius 3 is 2.14 bits per heavy atom. The van der Waals surface area contributed by atoms with Gasteiger partial charge in [-0.05, 0) is 51.5 Å². The predicted octanol–water partition coefficient (Wildman–Crippen LogP) is 2.36. The van der Waals surface area contributed by atoms with Crippen molar-refractivity contribution in [3.05, 3.63) is 29.8 Å². The zero-order valence-corrected chi connectivity index (χ0v) is 16.6. The first-order chi connectivity index (χ1) is 13.5. The van der Waals surface area contributed by atoms with Gasteiger partial charge >= 0.3 is 11.9 Å². The number of hydrogen-bond acceptors (Lipinski definition) is 7. The number of amides is 3. The summed E-state index contributed by atoms with van der Waals surface area (Å²) < 4.78 is 5.27. The van der Waals surface area contributed by atoms with Crippen LogP contribution in [0.4, 0.5) is 5.69 Å². The van der Waals surface area contributed by atoms with Gasteiger partial charge in [-0.3, -0.25) is 14.4 Å². The zero-order chi connectivity index (χ0) is 21.6. The molecule has 0 aliphatic carbocycles. The molecule has 29 heavy (non-hydrogen) atoms. The minimum atomic E-state index is -0.747. The lowest BCUT2D eigenvalue weighted by molar-refractivity contribution is -0.197. The average molecular weight is 404 g/mol. The van der Waals surface area contributed by atoms with Gasteiger partial charge in [-0.1, -0.05) is 0 Å². The Morgan fingerprint density at radius 1 is 1.00 bits per heavy atom. The molecule has 9 heteroatoms. The summed E-state index contributed by atoms with van der Waals surface area (Å²) in [7, 11) is 0. The first-order valence-corrected chi connectivity index (χ1v) is 9.25. The van der Waals surface area contributed by atoms with Crippen LogP contribution < -0.4 is 5.32 Å². The number of anilines is 1. The quantitative estimate of drug-likeness (QED) is 0.547. The van der Waals surface area contributed by atoms with E-state index >= 15 is 0 Å². The number of benzene rings is 1. The van der Waals surface area contributed by atoms with Crippen LogP contribution in [0.5, 0.6) is 0 Å². The Morgan fingerprint density at radius 2 is 1.59 bits per heavy atom. The van der Waals surface area contributed by atoms with Crippen molar-refractivity contribution < 1.29 is 33.5 Å². The molecule has 0 atom stereocenters. The summed E-state index contributed by atoms with van der Waals surface area (Å²) >= 11 is 0. The molecule has 156 valence electrons. The van der Waals surface area contributed by atoms with E-state index in [1.165, 1.54) is 0 Å². The number of rotatable bonds is 7. The summed E-state index contributed by atoms with van der Waals surface area (Å²) in [5, 5.41) is 3.14. The molecule has 1 saturated heterocycles. The smallest absolute Gasteiger partial charge is 0.338 e. The Kier molecular flexibility index (Phi) is 7.08. The molecular formula is C20H24N2O7. The summed E-state index contributed by atoms with van der Waals surface area (Å²) in [6, 6.07) is 6.25. The highest BCUT2D eigenvalue weighted by Gasteiger charge is 2.32. The van der Waals surface area contributed by atoms with E-state index in [4.69, 9.17) is 9.57 Å². The summed E-state index contributed by atoms with van der Waals surface area (Å²) in [5.41, 5.74) is 0.269. The maximum absolute atomic E-state index is 12.0. The standard InChI is InChI=1S/C20H24N2O7/c1-20(2,3)28-19(27)13-7-9-14(10-8-13)21-15(23)5-4-6-18(26)29-22-16(24)11-12-17(22)25/h7-10H,4-6,11-12H2,1-3H3,(H,21,23). The third-order valence-corrected chi connectivity index (χ3v) is 3.79. The second kappa shape index (κ2) is 9.31. The van der Waals surface area contributed by atoms with Gasteiger partial charge in [-0.2, -0.15) is 0 Å². The number of carbonyl (C=O) groups is 5. The average Bonchev–Trinajstić information content (AvgIpc) is 2.93. The van der Waals surface area contributed by atoms with Crippen molar-refractivity contribution in [2.75, 3.05) is 5.32 Å². The van der Waals surface area contributed by atoms with Crippen LogP contribution in [-0.2, 0) is 28.8 Å². The highest BCUT2D eigenvalue weighted by molar-refractivity contribution is 6.01. The highest BCUT2D eigenvalue weighted by atomic mass is 16.7. The fourth-order valence-electron chi connectivity index (χ4n) is 2.45. The van der Waals surface area contributed by atoms with Gasteiger partial charge in [0.1, 0.15) is 5.60 Å². The van der Waals surface area contributed by atoms with E-state index in [1.807, 2.05) is 0 Å². The fourth-order valence-corrected chi connectivity index (χ4v) is 2.45. The monoisotopic (exact) mass is 404 g/mol. The summed E-state index contributed by atoms with van der Waals surface area (Å²) in [4.78, 5) is 63.1. The number of esters is 1. The van der Waals surface area contributed by atoms with E-state index in [9.17, 15) is 24.0 Å². The van der Waals surface area contributed by atoms with Gasteiger partial charge in [-0.25, -0.2) is 9.59 Å². The Hall–Kier alpha value is -3.23. The van der Waals surface area contributed by atoms with Crippen LogP contribution in [0.15, 0.2) is 24.3 Å². The van der Waals surface area contributed by atoms with Gasteiger partial charge in [0, 0.05) is 31.4 Å². The zero-order valence-electron chi connectivity index (χ0n) is 16.6. The molecule has 1 aromatic rings. The van der Waals surface area contributed by atoms with Gasteiger partial charge in [0.05, 0.1) is 5.56 Å². The minimum Gasteiger partial charge on any atom is -0.456 e. The van der Waals surface area contributed by atoms with Crippen LogP contribution in [0, 0.1) is 0 Å². The molecule has 2 rings (SSSR count). The second-order valence-electron chi connectivity index (χ2n) is 7.53. The molecule has 1 aliphatic heterocycles. The van der Waals surface area contributed by atoms with Crippen molar-refractivity contribution in [1.29, 1.82) is 0 Å². The van der Waals surface area contributed by atoms with Crippen LogP contribution in [0.3, 0.4) is 0 Å². The molecule has 0 saturated carbocycles. The maximum atomic E-state index is 12.0. The number of carbonyl (C=O) groups excluding carboxylic acids is 5. The van der Waals surface area contributed by atoms with Gasteiger partial charge < -0.3 is 14.9 Å². The second-order valence-corrected chi connectivity index (χ2v) is 7.53. The number of ether oxygens (including phenoxy) is 1. The summed E-state index contributed by atoms with van der Waals surface area (Å²) in [6.45, 7) is 5.32. The van der Waals surface area contributed by atoms with E-state index in [1.54, 1.807) is 45.0 Å². The largest absolute Gasteiger partial charge is 0.456 e. The molecular weight excluding hydrogens is 380 g/mol. The number of nitrogens with zero attached hydrogens (tertiary/aromatic N) is 1. The highest BCUT2D eigenvalue weighted by Crippen LogP contribution is 2.16. The van der Waals surface area contributed by atoms with E-state index in [2.05, 4.69) is 5.32 Å². The minimum absolute atomic E-state index is 0.0290. The number of imide groups is 1. The molecule has 0 spiro atoms. The first-order valence-electron chi connectivity index (χ1n) is 9.25. The summed E-state index contributed by atoms with van der Waals surface area (Å²) in [5.74, 6) is -2.62. The van der Waals surface area contributed by atoms with Gasteiger partial charge in [0.25, 0.3) is 11.8 Å². The van der Waals surface area contributed by atoms with E-state index in [0.29, 0.717) is 16.3 Å². The van der Waals surface area contributed by atoms with Crippen LogP contribution in [0.25, 0.3) is 0 Å². The normalized spacial score (nSPS) is 14.0. The molecule has 1 fully saturated rings. The molecule has 1 aliphatic rings. The Bertz CT molecular complexity index is 793. The Labute approximate surface area is 168 Å². The van der Waals surface area contributed by atoms with Crippen molar-refractivity contribution in [1.82, 2.24) is 5.06 Å². The molecule has 1 heterocycles. The molecule has 1 N–H and O–H groups in total. The molecule has 0 radical (unpaired) electrons. The third kappa shape index (κ3) is 7.02. The number of hydroxylamine groups is 2. The van der Waals surface area contributed by atoms with E-state index in [-0.39, 0.29) is 38.0 Å². The number of hydrogen-bond donors (Lipinski definition) is 1. The van der Waals surface area contributed by atoms with Crippen LogP contribution in [0.1, 0.15) is 63.2 Å². The molecule has 1 aromatic carbocycles. The molecule has 0 aromatic heterocycles. The van der Waals surface area contributed by atoms with Crippen molar-refractivity contribution in [2.24, 2.45) is 0 Å². The predicted molar refractivity (Wildman–Crippen MR) is 101 cm³/mol. The van der Waals surface area contributed by atoms with Gasteiger partial charge in [0.15, 0.2) is 0 Å². The van der Waals surface area contributed by atoms with Crippen LogP contribution in [0.2, 0.25) is 0 Å². The molecule has 0 unspecified atom stereocenters. The van der Waals surface area contributed by atoms with Crippen molar-refractivity contribution in [3.8, 4) is 0 Å². The topological polar surface area (TPSA) is 119 Å². The van der Waals surface area contributed by atoms with Crippen molar-refractivity contribution >= 4 is 35.3 Å². The van der Waals surface area contributed by atoms with Crippen LogP contribution >= 0.6 is 0 Å². The lowest BCUT2D eigenvalue weighted by Gasteiger charge is -2.19. The van der Waals surface area contributed by atoms with Gasteiger partial charge in [-0.15, -0.1) is 5.06 Å². The lowest BCUT2D eigenvalue weighted by Crippen LogP contribution is -2.32. The molecule has 9 nitrogen and oxygen atoms in total. The van der Waals surface area contributed by atoms with Crippen molar-refractivity contribution in [3.63, 3.8) is 0 Å². The lowest BCUT2D eigenvalue weighted by atomic mass is 10.1. The van der Waals surface area contributed by atoms with Gasteiger partial charge in [0.2, 0.25) is 5.91 Å². The maximum Gasteiger partial charge on any atom is 0.338 e. The Balaban J connectivity index is 1.73.